The third-order valence-electron chi connectivity index (χ3n) is 2.28. The van der Waals surface area contributed by atoms with E-state index < -0.39 is 11.7 Å². The Morgan fingerprint density at radius 2 is 1.61 bits per heavy atom. The Hall–Kier alpha value is -1.58. The van der Waals surface area contributed by atoms with Gasteiger partial charge in [-0.1, -0.05) is 23.2 Å². The molecule has 2 aromatic carbocycles. The molecule has 0 unspecified atom stereocenters. The lowest BCUT2D eigenvalue weighted by atomic mass is 10.2. The van der Waals surface area contributed by atoms with Gasteiger partial charge in [0.2, 0.25) is 0 Å². The van der Waals surface area contributed by atoms with Crippen LogP contribution < -0.4 is 5.32 Å². The minimum atomic E-state index is -0.540. The Labute approximate surface area is 113 Å². The molecule has 2 nitrogen and oxygen atoms in total. The highest BCUT2D eigenvalue weighted by molar-refractivity contribution is 6.31. The molecule has 0 radical (unpaired) electrons. The molecule has 0 heterocycles. The van der Waals surface area contributed by atoms with Gasteiger partial charge in [-0.25, -0.2) is 4.39 Å². The minimum Gasteiger partial charge on any atom is -0.319 e. The maximum Gasteiger partial charge on any atom is 0.255 e. The van der Waals surface area contributed by atoms with E-state index in [0.29, 0.717) is 15.6 Å². The van der Waals surface area contributed by atoms with E-state index in [1.807, 2.05) is 0 Å². The van der Waals surface area contributed by atoms with E-state index >= 15 is 0 Å². The van der Waals surface area contributed by atoms with Gasteiger partial charge in [0, 0.05) is 15.6 Å². The third-order valence-corrected chi connectivity index (χ3v) is 2.77. The first kappa shape index (κ1) is 12.9. The second-order valence-corrected chi connectivity index (χ2v) is 4.46. The van der Waals surface area contributed by atoms with Crippen LogP contribution in [0.3, 0.4) is 0 Å². The van der Waals surface area contributed by atoms with Gasteiger partial charge in [-0.05, 0) is 42.5 Å². The summed E-state index contributed by atoms with van der Waals surface area (Å²) in [6.45, 7) is 0. The first-order chi connectivity index (χ1) is 8.56. The highest BCUT2D eigenvalue weighted by Gasteiger charge is 2.09. The standard InChI is InChI=1S/C13H8Cl2FNO/c14-9-3-1-8(2-4-9)13(18)17-12-7-10(15)5-6-11(12)16/h1-7H,(H,17,18). The molecule has 0 atom stereocenters. The van der Waals surface area contributed by atoms with Crippen LogP contribution in [0.4, 0.5) is 10.1 Å². The van der Waals surface area contributed by atoms with E-state index in [1.165, 1.54) is 18.2 Å². The number of rotatable bonds is 2. The summed E-state index contributed by atoms with van der Waals surface area (Å²) in [4.78, 5) is 11.8. The number of halogens is 3. The van der Waals surface area contributed by atoms with Crippen LogP contribution in [-0.2, 0) is 0 Å². The molecule has 0 aliphatic rings. The summed E-state index contributed by atoms with van der Waals surface area (Å²) in [5.41, 5.74) is 0.432. The highest BCUT2D eigenvalue weighted by Crippen LogP contribution is 2.20. The fourth-order valence-corrected chi connectivity index (χ4v) is 1.69. The quantitative estimate of drug-likeness (QED) is 0.870. The predicted molar refractivity (Wildman–Crippen MR) is 70.8 cm³/mol. The van der Waals surface area contributed by atoms with Crippen molar-refractivity contribution in [3.05, 3.63) is 63.9 Å². The molecule has 2 rings (SSSR count). The monoisotopic (exact) mass is 283 g/mol. The van der Waals surface area contributed by atoms with Crippen LogP contribution in [0.15, 0.2) is 42.5 Å². The summed E-state index contributed by atoms with van der Waals surface area (Å²) in [7, 11) is 0. The lowest BCUT2D eigenvalue weighted by Gasteiger charge is -2.06. The Bertz CT molecular complexity index is 584. The number of hydrogen-bond donors (Lipinski definition) is 1. The molecule has 1 amide bonds. The van der Waals surface area contributed by atoms with Crippen molar-refractivity contribution in [1.29, 1.82) is 0 Å². The van der Waals surface area contributed by atoms with E-state index in [2.05, 4.69) is 5.32 Å². The van der Waals surface area contributed by atoms with Gasteiger partial charge in [0.1, 0.15) is 5.82 Å². The second kappa shape index (κ2) is 5.38. The van der Waals surface area contributed by atoms with Crippen molar-refractivity contribution in [1.82, 2.24) is 0 Å². The minimum absolute atomic E-state index is 0.0439. The number of hydrogen-bond acceptors (Lipinski definition) is 1. The molecule has 92 valence electrons. The number of anilines is 1. The van der Waals surface area contributed by atoms with E-state index in [4.69, 9.17) is 23.2 Å². The molecule has 0 bridgehead atoms. The van der Waals surface area contributed by atoms with Crippen molar-refractivity contribution >= 4 is 34.8 Å². The van der Waals surface area contributed by atoms with E-state index in [1.54, 1.807) is 24.3 Å². The smallest absolute Gasteiger partial charge is 0.255 e. The molecule has 18 heavy (non-hydrogen) atoms. The maximum atomic E-state index is 13.4. The summed E-state index contributed by atoms with van der Waals surface area (Å²) in [5.74, 6) is -0.963. The fraction of sp³-hybridized carbons (Fsp3) is 0. The lowest BCUT2D eigenvalue weighted by molar-refractivity contribution is 0.102. The average molecular weight is 284 g/mol. The fourth-order valence-electron chi connectivity index (χ4n) is 1.39. The molecule has 0 saturated heterocycles. The van der Waals surface area contributed by atoms with Gasteiger partial charge < -0.3 is 5.32 Å². The zero-order valence-corrected chi connectivity index (χ0v) is 10.6. The summed E-state index contributed by atoms with van der Waals surface area (Å²) in [6, 6.07) is 10.2. The van der Waals surface area contributed by atoms with Crippen LogP contribution in [0.1, 0.15) is 10.4 Å². The normalized spacial score (nSPS) is 10.2. The zero-order valence-electron chi connectivity index (χ0n) is 9.08. The van der Waals surface area contributed by atoms with Crippen molar-refractivity contribution in [2.75, 3.05) is 5.32 Å². The van der Waals surface area contributed by atoms with Crippen LogP contribution in [0.2, 0.25) is 10.0 Å². The molecule has 5 heteroatoms. The SMILES string of the molecule is O=C(Nc1cc(Cl)ccc1F)c1ccc(Cl)cc1. The molecular weight excluding hydrogens is 276 g/mol. The van der Waals surface area contributed by atoms with Crippen molar-refractivity contribution in [3.63, 3.8) is 0 Å². The number of carbonyl (C=O) groups excluding carboxylic acids is 1. The predicted octanol–water partition coefficient (Wildman–Crippen LogP) is 4.38. The topological polar surface area (TPSA) is 29.1 Å². The summed E-state index contributed by atoms with van der Waals surface area (Å²) < 4.78 is 13.4. The van der Waals surface area contributed by atoms with Gasteiger partial charge in [-0.2, -0.15) is 0 Å². The number of nitrogens with one attached hydrogen (secondary N) is 1. The van der Waals surface area contributed by atoms with Gasteiger partial charge in [-0.3, -0.25) is 4.79 Å². The molecule has 0 saturated carbocycles. The molecule has 0 spiro atoms. The van der Waals surface area contributed by atoms with Crippen molar-refractivity contribution in [2.24, 2.45) is 0 Å². The number of amides is 1. The third kappa shape index (κ3) is 3.00. The van der Waals surface area contributed by atoms with Crippen LogP contribution in [-0.4, -0.2) is 5.91 Å². The molecular formula is C13H8Cl2FNO. The highest BCUT2D eigenvalue weighted by atomic mass is 35.5. The zero-order chi connectivity index (χ0) is 13.1. The van der Waals surface area contributed by atoms with Gasteiger partial charge in [0.25, 0.3) is 5.91 Å². The Morgan fingerprint density at radius 3 is 2.28 bits per heavy atom. The largest absolute Gasteiger partial charge is 0.319 e. The van der Waals surface area contributed by atoms with E-state index in [0.717, 1.165) is 0 Å². The lowest BCUT2D eigenvalue weighted by Crippen LogP contribution is -2.12. The Morgan fingerprint density at radius 1 is 1.00 bits per heavy atom. The molecule has 0 aromatic heterocycles. The van der Waals surface area contributed by atoms with Crippen molar-refractivity contribution in [3.8, 4) is 0 Å². The van der Waals surface area contributed by atoms with E-state index in [9.17, 15) is 9.18 Å². The van der Waals surface area contributed by atoms with Crippen molar-refractivity contribution in [2.45, 2.75) is 0 Å². The van der Waals surface area contributed by atoms with Gasteiger partial charge in [-0.15, -0.1) is 0 Å². The maximum absolute atomic E-state index is 13.4. The first-order valence-corrected chi connectivity index (χ1v) is 5.84. The Balaban J connectivity index is 2.21. The first-order valence-electron chi connectivity index (χ1n) is 5.08. The van der Waals surface area contributed by atoms with Crippen LogP contribution in [0.25, 0.3) is 0 Å². The number of carbonyl (C=O) groups is 1. The molecule has 0 aliphatic heterocycles. The summed E-state index contributed by atoms with van der Waals surface area (Å²) in [5, 5.41) is 3.32. The molecule has 0 fully saturated rings. The van der Waals surface area contributed by atoms with Crippen LogP contribution >= 0.6 is 23.2 Å². The number of benzene rings is 2. The molecule has 0 aliphatic carbocycles. The van der Waals surface area contributed by atoms with Gasteiger partial charge >= 0.3 is 0 Å². The van der Waals surface area contributed by atoms with Crippen LogP contribution in [0.5, 0.6) is 0 Å². The summed E-state index contributed by atoms with van der Waals surface area (Å²) >= 11 is 11.4. The second-order valence-electron chi connectivity index (χ2n) is 3.59. The van der Waals surface area contributed by atoms with Crippen LogP contribution in [0, 0.1) is 5.82 Å². The van der Waals surface area contributed by atoms with Gasteiger partial charge in [0.15, 0.2) is 0 Å². The van der Waals surface area contributed by atoms with E-state index in [-0.39, 0.29) is 5.69 Å². The summed E-state index contributed by atoms with van der Waals surface area (Å²) in [6.07, 6.45) is 0. The van der Waals surface area contributed by atoms with Crippen molar-refractivity contribution < 1.29 is 9.18 Å². The molecule has 1 N–H and O–H groups in total. The van der Waals surface area contributed by atoms with Gasteiger partial charge in [0.05, 0.1) is 5.69 Å². The molecule has 2 aromatic rings. The Kier molecular flexibility index (Phi) is 3.84. The average Bonchev–Trinajstić information content (AvgIpc) is 2.34.